The molecule has 0 aliphatic heterocycles. The quantitative estimate of drug-likeness (QED) is 0.776. The summed E-state index contributed by atoms with van der Waals surface area (Å²) in [6.07, 6.45) is 5.03. The number of pyridine rings is 2. The van der Waals surface area contributed by atoms with Crippen LogP contribution in [0.2, 0.25) is 0 Å². The highest BCUT2D eigenvalue weighted by molar-refractivity contribution is 9.10. The van der Waals surface area contributed by atoms with Crippen molar-refractivity contribution in [3.8, 4) is 5.69 Å². The van der Waals surface area contributed by atoms with E-state index in [2.05, 4.69) is 20.9 Å². The normalized spacial score (nSPS) is 10.1. The molecule has 0 aliphatic rings. The Bertz CT molecular complexity index is 493. The number of hydrogen-bond acceptors (Lipinski definition) is 2. The van der Waals surface area contributed by atoms with Gasteiger partial charge in [0.1, 0.15) is 0 Å². The Hall–Kier alpha value is -1.42. The molecule has 0 aliphatic carbocycles. The summed E-state index contributed by atoms with van der Waals surface area (Å²) in [6.45, 7) is 0. The molecule has 0 radical (unpaired) electrons. The number of hydrogen-bond donors (Lipinski definition) is 0. The van der Waals surface area contributed by atoms with Gasteiger partial charge in [0.05, 0.1) is 16.4 Å². The molecule has 0 saturated carbocycles. The summed E-state index contributed by atoms with van der Waals surface area (Å²) in [5.41, 5.74) is 0.680. The number of aromatic nitrogens is 2. The van der Waals surface area contributed by atoms with Crippen LogP contribution in [0.25, 0.3) is 5.69 Å². The zero-order valence-corrected chi connectivity index (χ0v) is 8.81. The van der Waals surface area contributed by atoms with E-state index >= 15 is 0 Å². The van der Waals surface area contributed by atoms with Crippen LogP contribution >= 0.6 is 15.9 Å². The Morgan fingerprint density at radius 1 is 1.29 bits per heavy atom. The third-order valence-corrected chi connectivity index (χ3v) is 2.43. The smallest absolute Gasteiger partial charge is 0.269 e. The molecule has 4 heteroatoms. The van der Waals surface area contributed by atoms with Gasteiger partial charge in [0.15, 0.2) is 0 Å². The Balaban J connectivity index is 2.64. The molecule has 2 aromatic rings. The topological polar surface area (TPSA) is 34.9 Å². The highest BCUT2D eigenvalue weighted by atomic mass is 79.9. The van der Waals surface area contributed by atoms with E-state index in [9.17, 15) is 4.79 Å². The molecule has 0 amide bonds. The molecule has 2 heterocycles. The molecule has 0 spiro atoms. The van der Waals surface area contributed by atoms with Crippen molar-refractivity contribution in [2.24, 2.45) is 0 Å². The molecule has 0 fully saturated rings. The zero-order valence-electron chi connectivity index (χ0n) is 7.22. The summed E-state index contributed by atoms with van der Waals surface area (Å²) in [4.78, 5) is 15.6. The Labute approximate surface area is 89.2 Å². The lowest BCUT2D eigenvalue weighted by molar-refractivity contribution is 0.969. The highest BCUT2D eigenvalue weighted by Crippen LogP contribution is 2.05. The Kier molecular flexibility index (Phi) is 2.45. The van der Waals surface area contributed by atoms with E-state index < -0.39 is 0 Å². The monoisotopic (exact) mass is 250 g/mol. The minimum Gasteiger partial charge on any atom is -0.282 e. The van der Waals surface area contributed by atoms with Gasteiger partial charge >= 0.3 is 0 Å². The van der Waals surface area contributed by atoms with Crippen molar-refractivity contribution in [3.63, 3.8) is 0 Å². The predicted octanol–water partition coefficient (Wildman–Crippen LogP) is 1.99. The van der Waals surface area contributed by atoms with Crippen LogP contribution in [-0.2, 0) is 0 Å². The largest absolute Gasteiger partial charge is 0.282 e. The van der Waals surface area contributed by atoms with Gasteiger partial charge in [-0.05, 0) is 40.2 Å². The average Bonchev–Trinajstić information content (AvgIpc) is 2.23. The predicted molar refractivity (Wildman–Crippen MR) is 57.5 cm³/mol. The first-order chi connectivity index (χ1) is 6.79. The molecule has 0 saturated heterocycles. The molecule has 0 aromatic carbocycles. The van der Waals surface area contributed by atoms with Crippen LogP contribution in [0.3, 0.4) is 0 Å². The summed E-state index contributed by atoms with van der Waals surface area (Å²) >= 11 is 3.19. The van der Waals surface area contributed by atoms with E-state index in [4.69, 9.17) is 0 Å². The van der Waals surface area contributed by atoms with E-state index in [1.807, 2.05) is 6.07 Å². The Morgan fingerprint density at radius 2 is 2.14 bits per heavy atom. The van der Waals surface area contributed by atoms with Crippen LogP contribution in [0, 0.1) is 0 Å². The van der Waals surface area contributed by atoms with Crippen molar-refractivity contribution in [2.45, 2.75) is 0 Å². The van der Waals surface area contributed by atoms with Gasteiger partial charge in [-0.1, -0.05) is 0 Å². The van der Waals surface area contributed by atoms with Gasteiger partial charge in [-0.15, -0.1) is 0 Å². The van der Waals surface area contributed by atoms with Crippen LogP contribution < -0.4 is 5.56 Å². The van der Waals surface area contributed by atoms with E-state index in [-0.39, 0.29) is 5.56 Å². The second-order valence-corrected chi connectivity index (χ2v) is 3.60. The third kappa shape index (κ3) is 1.61. The van der Waals surface area contributed by atoms with Gasteiger partial charge in [-0.25, -0.2) is 0 Å². The van der Waals surface area contributed by atoms with Crippen LogP contribution in [0.4, 0.5) is 0 Å². The van der Waals surface area contributed by atoms with Crippen molar-refractivity contribution in [1.29, 1.82) is 0 Å². The molecule has 0 bridgehead atoms. The lowest BCUT2D eigenvalue weighted by Crippen LogP contribution is -2.17. The van der Waals surface area contributed by atoms with Gasteiger partial charge < -0.3 is 0 Å². The van der Waals surface area contributed by atoms with Crippen LogP contribution in [0.1, 0.15) is 0 Å². The first-order valence-electron chi connectivity index (χ1n) is 4.06. The van der Waals surface area contributed by atoms with Gasteiger partial charge in [-0.3, -0.25) is 14.3 Å². The minimum atomic E-state index is -0.0829. The van der Waals surface area contributed by atoms with Crippen molar-refractivity contribution in [3.05, 3.63) is 57.7 Å². The van der Waals surface area contributed by atoms with Crippen LogP contribution in [0.5, 0.6) is 0 Å². The first kappa shape index (κ1) is 9.15. The SMILES string of the molecule is O=c1c(Br)cccn1-c1cccnc1. The maximum Gasteiger partial charge on any atom is 0.269 e. The highest BCUT2D eigenvalue weighted by Gasteiger charge is 2.00. The maximum atomic E-state index is 11.7. The van der Waals surface area contributed by atoms with Gasteiger partial charge in [0.2, 0.25) is 0 Å². The molecule has 0 N–H and O–H groups in total. The van der Waals surface area contributed by atoms with E-state index in [1.165, 1.54) is 4.57 Å². The van der Waals surface area contributed by atoms with Gasteiger partial charge in [0.25, 0.3) is 5.56 Å². The lowest BCUT2D eigenvalue weighted by atomic mass is 10.4. The second-order valence-electron chi connectivity index (χ2n) is 2.74. The van der Waals surface area contributed by atoms with Gasteiger partial charge in [0, 0.05) is 12.4 Å². The molecule has 3 nitrogen and oxygen atoms in total. The van der Waals surface area contributed by atoms with Crippen LogP contribution in [-0.4, -0.2) is 9.55 Å². The average molecular weight is 251 g/mol. The molecule has 2 rings (SSSR count). The number of nitrogens with zero attached hydrogens (tertiary/aromatic N) is 2. The molecule has 2 aromatic heterocycles. The molecular weight excluding hydrogens is 244 g/mol. The number of halogens is 1. The summed E-state index contributed by atoms with van der Waals surface area (Å²) in [6, 6.07) is 7.15. The standard InChI is InChI=1S/C10H7BrN2O/c11-9-4-2-6-13(10(9)14)8-3-1-5-12-7-8/h1-7H. The van der Waals surface area contributed by atoms with Crippen molar-refractivity contribution in [2.75, 3.05) is 0 Å². The van der Waals surface area contributed by atoms with Crippen molar-refractivity contribution in [1.82, 2.24) is 9.55 Å². The van der Waals surface area contributed by atoms with E-state index in [0.29, 0.717) is 4.47 Å². The van der Waals surface area contributed by atoms with Crippen molar-refractivity contribution < 1.29 is 0 Å². The molecule has 0 atom stereocenters. The van der Waals surface area contributed by atoms with Crippen LogP contribution in [0.15, 0.2) is 52.1 Å². The number of rotatable bonds is 1. The summed E-state index contributed by atoms with van der Waals surface area (Å²) in [7, 11) is 0. The van der Waals surface area contributed by atoms with E-state index in [1.54, 1.807) is 36.8 Å². The first-order valence-corrected chi connectivity index (χ1v) is 4.86. The summed E-state index contributed by atoms with van der Waals surface area (Å²) < 4.78 is 2.08. The zero-order chi connectivity index (χ0) is 9.97. The summed E-state index contributed by atoms with van der Waals surface area (Å²) in [5.74, 6) is 0. The minimum absolute atomic E-state index is 0.0829. The third-order valence-electron chi connectivity index (χ3n) is 1.82. The fourth-order valence-corrected chi connectivity index (χ4v) is 1.51. The van der Waals surface area contributed by atoms with Gasteiger partial charge in [-0.2, -0.15) is 0 Å². The Morgan fingerprint density at radius 3 is 2.86 bits per heavy atom. The maximum absolute atomic E-state index is 11.7. The molecular formula is C10H7BrN2O. The molecule has 0 unspecified atom stereocenters. The fourth-order valence-electron chi connectivity index (χ4n) is 1.17. The fraction of sp³-hybridized carbons (Fsp3) is 0. The van der Waals surface area contributed by atoms with E-state index in [0.717, 1.165) is 5.69 Å². The van der Waals surface area contributed by atoms with Crippen molar-refractivity contribution >= 4 is 15.9 Å². The summed E-state index contributed by atoms with van der Waals surface area (Å²) in [5, 5.41) is 0. The lowest BCUT2D eigenvalue weighted by Gasteiger charge is -2.03. The second kappa shape index (κ2) is 3.75. The molecule has 70 valence electrons. The molecule has 14 heavy (non-hydrogen) atoms.